The van der Waals surface area contributed by atoms with E-state index in [1.807, 2.05) is 0 Å². The number of halogens is 1. The molecule has 1 aromatic carbocycles. The first-order valence-electron chi connectivity index (χ1n) is 4.71. The highest BCUT2D eigenvalue weighted by atomic mass is 32.2. The van der Waals surface area contributed by atoms with Crippen LogP contribution in [0.1, 0.15) is 5.56 Å². The quantitative estimate of drug-likeness (QED) is 0.881. The average Bonchev–Trinajstić information content (AvgIpc) is 2.67. The molecule has 1 heterocycles. The summed E-state index contributed by atoms with van der Waals surface area (Å²) in [5.41, 5.74) is 6.33. The Hall–Kier alpha value is -1.40. The first-order chi connectivity index (χ1) is 7.70. The van der Waals surface area contributed by atoms with Crippen molar-refractivity contribution in [3.63, 3.8) is 0 Å². The Morgan fingerprint density at radius 2 is 2.31 bits per heavy atom. The van der Waals surface area contributed by atoms with Gasteiger partial charge in [-0.15, -0.1) is 0 Å². The summed E-state index contributed by atoms with van der Waals surface area (Å²) < 4.78 is 14.7. The number of rotatable bonds is 3. The van der Waals surface area contributed by atoms with Gasteiger partial charge in [0, 0.05) is 18.5 Å². The Balaban J connectivity index is 2.31. The van der Waals surface area contributed by atoms with Gasteiger partial charge >= 0.3 is 0 Å². The van der Waals surface area contributed by atoms with Crippen LogP contribution in [-0.2, 0) is 13.6 Å². The summed E-state index contributed by atoms with van der Waals surface area (Å²) in [5.74, 6) is -0.275. The van der Waals surface area contributed by atoms with Crippen LogP contribution in [0.3, 0.4) is 0 Å². The standard InChI is InChI=1S/C10H11FN4S/c1-15-10(13-6-14-15)16-9-3-2-8(11)4-7(9)5-12/h2-4,6H,5,12H2,1H3. The first kappa shape index (κ1) is 11.1. The van der Waals surface area contributed by atoms with E-state index in [2.05, 4.69) is 10.1 Å². The van der Waals surface area contributed by atoms with E-state index in [0.717, 1.165) is 15.6 Å². The third-order valence-electron chi connectivity index (χ3n) is 2.11. The van der Waals surface area contributed by atoms with Gasteiger partial charge in [0.2, 0.25) is 0 Å². The van der Waals surface area contributed by atoms with Crippen LogP contribution in [0.2, 0.25) is 0 Å². The predicted octanol–water partition coefficient (Wildman–Crippen LogP) is 1.56. The third kappa shape index (κ3) is 2.23. The van der Waals surface area contributed by atoms with E-state index in [-0.39, 0.29) is 5.82 Å². The van der Waals surface area contributed by atoms with Gasteiger partial charge in [0.25, 0.3) is 0 Å². The molecular formula is C10H11FN4S. The van der Waals surface area contributed by atoms with Gasteiger partial charge in [-0.25, -0.2) is 14.1 Å². The second-order valence-electron chi connectivity index (χ2n) is 3.22. The Kier molecular flexibility index (Phi) is 3.21. The Morgan fingerprint density at radius 3 is 2.94 bits per heavy atom. The van der Waals surface area contributed by atoms with Gasteiger partial charge in [-0.3, -0.25) is 0 Å². The van der Waals surface area contributed by atoms with Crippen molar-refractivity contribution in [3.05, 3.63) is 35.9 Å². The minimum Gasteiger partial charge on any atom is -0.326 e. The molecule has 0 atom stereocenters. The smallest absolute Gasteiger partial charge is 0.190 e. The molecule has 0 radical (unpaired) electrons. The van der Waals surface area contributed by atoms with Crippen LogP contribution < -0.4 is 5.73 Å². The lowest BCUT2D eigenvalue weighted by Gasteiger charge is -2.06. The summed E-state index contributed by atoms with van der Waals surface area (Å²) in [6.45, 7) is 0.304. The molecule has 0 aliphatic carbocycles. The molecule has 0 saturated heterocycles. The van der Waals surface area contributed by atoms with Crippen molar-refractivity contribution >= 4 is 11.8 Å². The summed E-state index contributed by atoms with van der Waals surface area (Å²) in [6.07, 6.45) is 1.48. The van der Waals surface area contributed by atoms with Crippen LogP contribution in [0.4, 0.5) is 4.39 Å². The molecular weight excluding hydrogens is 227 g/mol. The van der Waals surface area contributed by atoms with Crippen molar-refractivity contribution in [3.8, 4) is 0 Å². The molecule has 0 fully saturated rings. The number of benzene rings is 1. The fourth-order valence-corrected chi connectivity index (χ4v) is 2.17. The minimum absolute atomic E-state index is 0.275. The maximum absolute atomic E-state index is 13.0. The second kappa shape index (κ2) is 4.63. The zero-order valence-electron chi connectivity index (χ0n) is 8.72. The lowest BCUT2D eigenvalue weighted by atomic mass is 10.2. The van der Waals surface area contributed by atoms with Crippen LogP contribution in [-0.4, -0.2) is 14.8 Å². The number of hydrogen-bond donors (Lipinski definition) is 1. The molecule has 2 rings (SSSR count). The summed E-state index contributed by atoms with van der Waals surface area (Å²) in [4.78, 5) is 4.99. The first-order valence-corrected chi connectivity index (χ1v) is 5.52. The van der Waals surface area contributed by atoms with Crippen molar-refractivity contribution in [2.45, 2.75) is 16.6 Å². The monoisotopic (exact) mass is 238 g/mol. The molecule has 2 N–H and O–H groups in total. The van der Waals surface area contributed by atoms with Crippen LogP contribution in [0.15, 0.2) is 34.6 Å². The van der Waals surface area contributed by atoms with Crippen molar-refractivity contribution in [2.75, 3.05) is 0 Å². The molecule has 4 nitrogen and oxygen atoms in total. The van der Waals surface area contributed by atoms with Crippen molar-refractivity contribution in [1.82, 2.24) is 14.8 Å². The molecule has 6 heteroatoms. The highest BCUT2D eigenvalue weighted by Crippen LogP contribution is 2.28. The highest BCUT2D eigenvalue weighted by Gasteiger charge is 2.08. The van der Waals surface area contributed by atoms with Crippen molar-refractivity contribution < 1.29 is 4.39 Å². The van der Waals surface area contributed by atoms with Gasteiger partial charge in [-0.2, -0.15) is 5.10 Å². The van der Waals surface area contributed by atoms with Gasteiger partial charge in [0.1, 0.15) is 12.1 Å². The summed E-state index contributed by atoms with van der Waals surface area (Å²) in [7, 11) is 1.81. The van der Waals surface area contributed by atoms with Gasteiger partial charge in [0.05, 0.1) is 0 Å². The molecule has 0 unspecified atom stereocenters. The molecule has 0 amide bonds. The Bertz CT molecular complexity index is 497. The van der Waals surface area contributed by atoms with Gasteiger partial charge < -0.3 is 5.73 Å². The zero-order valence-corrected chi connectivity index (χ0v) is 9.54. The fraction of sp³-hybridized carbons (Fsp3) is 0.200. The molecule has 16 heavy (non-hydrogen) atoms. The maximum Gasteiger partial charge on any atom is 0.190 e. The Labute approximate surface area is 96.7 Å². The highest BCUT2D eigenvalue weighted by molar-refractivity contribution is 7.99. The molecule has 0 bridgehead atoms. The molecule has 0 spiro atoms. The minimum atomic E-state index is -0.275. The van der Waals surface area contributed by atoms with E-state index in [4.69, 9.17) is 5.73 Å². The van der Waals surface area contributed by atoms with E-state index in [0.29, 0.717) is 6.54 Å². The van der Waals surface area contributed by atoms with Crippen molar-refractivity contribution in [1.29, 1.82) is 0 Å². The number of nitrogens with two attached hydrogens (primary N) is 1. The molecule has 84 valence electrons. The second-order valence-corrected chi connectivity index (χ2v) is 4.23. The molecule has 2 aromatic rings. The van der Waals surface area contributed by atoms with E-state index in [1.165, 1.54) is 30.2 Å². The van der Waals surface area contributed by atoms with E-state index >= 15 is 0 Å². The molecule has 0 aliphatic heterocycles. The molecule has 0 saturated carbocycles. The average molecular weight is 238 g/mol. The van der Waals surface area contributed by atoms with Crippen LogP contribution in [0.25, 0.3) is 0 Å². The largest absolute Gasteiger partial charge is 0.326 e. The predicted molar refractivity (Wildman–Crippen MR) is 59.4 cm³/mol. The van der Waals surface area contributed by atoms with Gasteiger partial charge in [-0.05, 0) is 35.5 Å². The number of nitrogens with zero attached hydrogens (tertiary/aromatic N) is 3. The van der Waals surface area contributed by atoms with Crippen molar-refractivity contribution in [2.24, 2.45) is 12.8 Å². The van der Waals surface area contributed by atoms with Gasteiger partial charge in [0.15, 0.2) is 5.16 Å². The van der Waals surface area contributed by atoms with E-state index in [9.17, 15) is 4.39 Å². The molecule has 1 aromatic heterocycles. The van der Waals surface area contributed by atoms with E-state index in [1.54, 1.807) is 17.8 Å². The maximum atomic E-state index is 13.0. The number of hydrogen-bond acceptors (Lipinski definition) is 4. The van der Waals surface area contributed by atoms with E-state index < -0.39 is 0 Å². The molecule has 0 aliphatic rings. The fourth-order valence-electron chi connectivity index (χ4n) is 1.28. The topological polar surface area (TPSA) is 56.7 Å². The summed E-state index contributed by atoms with van der Waals surface area (Å²) >= 11 is 1.42. The van der Waals surface area contributed by atoms with Crippen LogP contribution in [0, 0.1) is 5.82 Å². The Morgan fingerprint density at radius 1 is 1.50 bits per heavy atom. The van der Waals surface area contributed by atoms with Gasteiger partial charge in [-0.1, -0.05) is 0 Å². The SMILES string of the molecule is Cn1ncnc1Sc1ccc(F)cc1CN. The number of aromatic nitrogens is 3. The number of aryl methyl sites for hydroxylation is 1. The van der Waals surface area contributed by atoms with Crippen LogP contribution in [0.5, 0.6) is 0 Å². The third-order valence-corrected chi connectivity index (χ3v) is 3.28. The normalized spacial score (nSPS) is 10.7. The summed E-state index contributed by atoms with van der Waals surface area (Å²) in [6, 6.07) is 4.56. The zero-order chi connectivity index (χ0) is 11.5. The lowest BCUT2D eigenvalue weighted by molar-refractivity contribution is 0.623. The lowest BCUT2D eigenvalue weighted by Crippen LogP contribution is -2.00. The summed E-state index contributed by atoms with van der Waals surface area (Å²) in [5, 5.41) is 4.72. The van der Waals surface area contributed by atoms with Crippen LogP contribution >= 0.6 is 11.8 Å².